The molecule has 96 valence electrons. The fourth-order valence-electron chi connectivity index (χ4n) is 3.03. The molecule has 1 aliphatic heterocycles. The molecule has 1 aliphatic carbocycles. The number of carbonyl (C=O) groups excluding carboxylic acids is 1. The van der Waals surface area contributed by atoms with E-state index in [2.05, 4.69) is 41.8 Å². The molecule has 2 aliphatic rings. The van der Waals surface area contributed by atoms with Gasteiger partial charge in [-0.1, -0.05) is 24.3 Å². The second kappa shape index (κ2) is 4.39. The first kappa shape index (κ1) is 11.7. The Balaban J connectivity index is 1.64. The van der Waals surface area contributed by atoms with E-state index in [1.165, 1.54) is 11.1 Å². The molecule has 1 heterocycles. The zero-order valence-corrected chi connectivity index (χ0v) is 10.8. The Hall–Kier alpha value is -1.35. The van der Waals surface area contributed by atoms with Crippen LogP contribution in [0.15, 0.2) is 24.3 Å². The molecule has 2 N–H and O–H groups in total. The lowest BCUT2D eigenvalue weighted by atomic mass is 9.88. The Morgan fingerprint density at radius 3 is 2.56 bits per heavy atom. The van der Waals surface area contributed by atoms with Gasteiger partial charge in [-0.2, -0.15) is 0 Å². The van der Waals surface area contributed by atoms with Crippen molar-refractivity contribution in [1.82, 2.24) is 10.6 Å². The van der Waals surface area contributed by atoms with Crippen LogP contribution in [-0.2, 0) is 17.6 Å². The topological polar surface area (TPSA) is 41.1 Å². The summed E-state index contributed by atoms with van der Waals surface area (Å²) in [6.45, 7) is 3.82. The van der Waals surface area contributed by atoms with Gasteiger partial charge in [0.25, 0.3) is 0 Å². The summed E-state index contributed by atoms with van der Waals surface area (Å²) in [6.07, 6.45) is 2.90. The monoisotopic (exact) mass is 244 g/mol. The first-order valence-electron chi connectivity index (χ1n) is 6.76. The highest BCUT2D eigenvalue weighted by atomic mass is 16.2. The van der Waals surface area contributed by atoms with E-state index in [-0.39, 0.29) is 17.4 Å². The Kier molecular flexibility index (Phi) is 2.86. The van der Waals surface area contributed by atoms with Crippen LogP contribution in [0.4, 0.5) is 0 Å². The minimum Gasteiger partial charge on any atom is -0.352 e. The number of fused-ring (bicyclic) bond motifs is 1. The van der Waals surface area contributed by atoms with Crippen molar-refractivity contribution >= 4 is 5.91 Å². The molecule has 3 heteroatoms. The van der Waals surface area contributed by atoms with E-state index >= 15 is 0 Å². The third-order valence-corrected chi connectivity index (χ3v) is 4.30. The van der Waals surface area contributed by atoms with Crippen molar-refractivity contribution in [1.29, 1.82) is 0 Å². The van der Waals surface area contributed by atoms with E-state index in [1.807, 2.05) is 0 Å². The average molecular weight is 244 g/mol. The smallest absolute Gasteiger partial charge is 0.227 e. The van der Waals surface area contributed by atoms with Gasteiger partial charge in [-0.3, -0.25) is 4.79 Å². The van der Waals surface area contributed by atoms with Gasteiger partial charge < -0.3 is 10.6 Å². The van der Waals surface area contributed by atoms with Crippen LogP contribution in [0.25, 0.3) is 0 Å². The van der Waals surface area contributed by atoms with Gasteiger partial charge in [-0.05, 0) is 43.9 Å². The molecule has 1 unspecified atom stereocenters. The van der Waals surface area contributed by atoms with E-state index in [0.29, 0.717) is 0 Å². The highest BCUT2D eigenvalue weighted by molar-refractivity contribution is 5.83. The van der Waals surface area contributed by atoms with Gasteiger partial charge >= 0.3 is 0 Å². The Labute approximate surface area is 108 Å². The number of hydrogen-bond acceptors (Lipinski definition) is 2. The highest BCUT2D eigenvalue weighted by Gasteiger charge is 2.37. The predicted octanol–water partition coefficient (Wildman–Crippen LogP) is 1.27. The molecule has 1 saturated heterocycles. The van der Waals surface area contributed by atoms with Crippen LogP contribution in [0.3, 0.4) is 0 Å². The summed E-state index contributed by atoms with van der Waals surface area (Å²) in [7, 11) is 0. The molecule has 1 aromatic rings. The van der Waals surface area contributed by atoms with E-state index < -0.39 is 0 Å². The Morgan fingerprint density at radius 1 is 1.33 bits per heavy atom. The molecule has 0 radical (unpaired) electrons. The summed E-state index contributed by atoms with van der Waals surface area (Å²) in [6, 6.07) is 8.77. The molecule has 3 nitrogen and oxygen atoms in total. The molecular weight excluding hydrogens is 224 g/mol. The van der Waals surface area contributed by atoms with Crippen molar-refractivity contribution in [3.8, 4) is 0 Å². The summed E-state index contributed by atoms with van der Waals surface area (Å²) in [5.74, 6) is 0.213. The van der Waals surface area contributed by atoms with Crippen molar-refractivity contribution in [3.63, 3.8) is 0 Å². The largest absolute Gasteiger partial charge is 0.352 e. The number of rotatable bonds is 2. The van der Waals surface area contributed by atoms with Crippen LogP contribution in [0.2, 0.25) is 0 Å². The standard InChI is InChI=1S/C15H20N2O/c1-15(6-7-16-10-15)14(18)17-13-8-11-4-2-3-5-12(11)9-13/h2-5,13,16H,6-10H2,1H3,(H,17,18). The lowest BCUT2D eigenvalue weighted by molar-refractivity contribution is -0.129. The number of carbonyl (C=O) groups is 1. The van der Waals surface area contributed by atoms with Crippen LogP contribution in [0.5, 0.6) is 0 Å². The minimum atomic E-state index is -0.214. The van der Waals surface area contributed by atoms with Gasteiger partial charge in [0.1, 0.15) is 0 Å². The molecule has 18 heavy (non-hydrogen) atoms. The van der Waals surface area contributed by atoms with Gasteiger partial charge in [0, 0.05) is 12.6 Å². The molecule has 0 saturated carbocycles. The lowest BCUT2D eigenvalue weighted by Crippen LogP contribution is -2.45. The van der Waals surface area contributed by atoms with Gasteiger partial charge in [-0.15, -0.1) is 0 Å². The normalized spacial score (nSPS) is 27.2. The SMILES string of the molecule is CC1(C(=O)NC2Cc3ccccc3C2)CCNC1. The third-order valence-electron chi connectivity index (χ3n) is 4.30. The maximum atomic E-state index is 12.3. The number of amides is 1. The zero-order chi connectivity index (χ0) is 12.6. The van der Waals surface area contributed by atoms with Crippen LogP contribution in [0, 0.1) is 5.41 Å². The first-order valence-corrected chi connectivity index (χ1v) is 6.76. The summed E-state index contributed by atoms with van der Waals surface area (Å²) in [5, 5.41) is 6.50. The second-order valence-corrected chi connectivity index (χ2v) is 5.83. The quantitative estimate of drug-likeness (QED) is 0.822. The minimum absolute atomic E-state index is 0.213. The summed E-state index contributed by atoms with van der Waals surface area (Å²) in [4.78, 5) is 12.3. The van der Waals surface area contributed by atoms with Crippen LogP contribution in [0.1, 0.15) is 24.5 Å². The van der Waals surface area contributed by atoms with Crippen molar-refractivity contribution in [2.24, 2.45) is 5.41 Å². The van der Waals surface area contributed by atoms with Gasteiger partial charge in [0.2, 0.25) is 5.91 Å². The van der Waals surface area contributed by atoms with Crippen molar-refractivity contribution in [2.75, 3.05) is 13.1 Å². The van der Waals surface area contributed by atoms with Gasteiger partial charge in [-0.25, -0.2) is 0 Å². The van der Waals surface area contributed by atoms with E-state index in [9.17, 15) is 4.79 Å². The molecule has 1 fully saturated rings. The summed E-state index contributed by atoms with van der Waals surface area (Å²) in [5.41, 5.74) is 2.56. The third kappa shape index (κ3) is 2.03. The van der Waals surface area contributed by atoms with E-state index in [0.717, 1.165) is 32.4 Å². The van der Waals surface area contributed by atoms with Crippen LogP contribution < -0.4 is 10.6 Å². The molecule has 0 spiro atoms. The van der Waals surface area contributed by atoms with Gasteiger partial charge in [0.05, 0.1) is 5.41 Å². The van der Waals surface area contributed by atoms with E-state index in [1.54, 1.807) is 0 Å². The molecule has 1 atom stereocenters. The maximum absolute atomic E-state index is 12.3. The molecule has 1 aromatic carbocycles. The highest BCUT2D eigenvalue weighted by Crippen LogP contribution is 2.27. The fourth-order valence-corrected chi connectivity index (χ4v) is 3.03. The van der Waals surface area contributed by atoms with Gasteiger partial charge in [0.15, 0.2) is 0 Å². The fraction of sp³-hybridized carbons (Fsp3) is 0.533. The summed E-state index contributed by atoms with van der Waals surface area (Å²) >= 11 is 0. The van der Waals surface area contributed by atoms with Crippen molar-refractivity contribution < 1.29 is 4.79 Å². The average Bonchev–Trinajstić information content (AvgIpc) is 2.95. The molecule has 1 amide bonds. The predicted molar refractivity (Wildman–Crippen MR) is 71.4 cm³/mol. The summed E-state index contributed by atoms with van der Waals surface area (Å²) < 4.78 is 0. The van der Waals surface area contributed by atoms with Crippen LogP contribution in [-0.4, -0.2) is 25.0 Å². The second-order valence-electron chi connectivity index (χ2n) is 5.83. The van der Waals surface area contributed by atoms with Crippen LogP contribution >= 0.6 is 0 Å². The number of nitrogens with one attached hydrogen (secondary N) is 2. The van der Waals surface area contributed by atoms with Crippen molar-refractivity contribution in [2.45, 2.75) is 32.2 Å². The van der Waals surface area contributed by atoms with E-state index in [4.69, 9.17) is 0 Å². The molecule has 0 bridgehead atoms. The Bertz CT molecular complexity index is 438. The Morgan fingerprint density at radius 2 is 2.00 bits per heavy atom. The molecular formula is C15H20N2O. The number of hydrogen-bond donors (Lipinski definition) is 2. The zero-order valence-electron chi connectivity index (χ0n) is 10.8. The first-order chi connectivity index (χ1) is 8.67. The number of benzene rings is 1. The molecule has 0 aromatic heterocycles. The molecule has 3 rings (SSSR count). The maximum Gasteiger partial charge on any atom is 0.227 e. The lowest BCUT2D eigenvalue weighted by Gasteiger charge is -2.24. The van der Waals surface area contributed by atoms with Crippen molar-refractivity contribution in [3.05, 3.63) is 35.4 Å².